The molecule has 260 valence electrons. The molecule has 0 bridgehead atoms. The molecule has 0 aliphatic carbocycles. The van der Waals surface area contributed by atoms with Crippen LogP contribution in [0, 0.1) is 0 Å². The van der Waals surface area contributed by atoms with Gasteiger partial charge in [0.2, 0.25) is 0 Å². The van der Waals surface area contributed by atoms with E-state index in [4.69, 9.17) is 9.47 Å². The van der Waals surface area contributed by atoms with Gasteiger partial charge in [-0.05, 0) is 77.0 Å². The maximum absolute atomic E-state index is 11.9. The third-order valence-corrected chi connectivity index (χ3v) is 7.75. The number of nitrogens with one attached hydrogen (secondary N) is 1. The van der Waals surface area contributed by atoms with Crippen LogP contribution in [0.2, 0.25) is 0 Å². The molecule has 0 heterocycles. The minimum Gasteiger partial charge on any atom is -0.464 e. The van der Waals surface area contributed by atoms with Crippen molar-refractivity contribution in [1.29, 1.82) is 0 Å². The second-order valence-corrected chi connectivity index (χ2v) is 12.2. The average Bonchev–Trinajstić information content (AvgIpc) is 3.04. The van der Waals surface area contributed by atoms with E-state index in [1.165, 1.54) is 89.9 Å². The number of carbonyl (C=O) groups is 2. The van der Waals surface area contributed by atoms with Gasteiger partial charge in [0.25, 0.3) is 0 Å². The number of unbranched alkanes of at least 4 members (excludes halogenated alkanes) is 16. The van der Waals surface area contributed by atoms with Gasteiger partial charge in [-0.2, -0.15) is 0 Å². The summed E-state index contributed by atoms with van der Waals surface area (Å²) in [7, 11) is 0. The fourth-order valence-electron chi connectivity index (χ4n) is 4.90. The van der Waals surface area contributed by atoms with Crippen LogP contribution in [0.25, 0.3) is 0 Å². The van der Waals surface area contributed by atoms with E-state index in [9.17, 15) is 9.59 Å². The van der Waals surface area contributed by atoms with E-state index in [0.717, 1.165) is 51.4 Å². The Hall–Kier alpha value is -2.14. The summed E-state index contributed by atoms with van der Waals surface area (Å²) in [6.45, 7) is 6.36. The van der Waals surface area contributed by atoms with Gasteiger partial charge >= 0.3 is 11.9 Å². The highest BCUT2D eigenvalue weighted by Gasteiger charge is 2.04. The monoisotopic (exact) mass is 630 g/mol. The summed E-state index contributed by atoms with van der Waals surface area (Å²) in [5, 5.41) is 3.17. The highest BCUT2D eigenvalue weighted by molar-refractivity contribution is 5.69. The van der Waals surface area contributed by atoms with Crippen LogP contribution in [0.5, 0.6) is 0 Å². The van der Waals surface area contributed by atoms with Crippen molar-refractivity contribution in [2.24, 2.45) is 0 Å². The van der Waals surface area contributed by atoms with E-state index < -0.39 is 0 Å². The van der Waals surface area contributed by atoms with E-state index in [-0.39, 0.29) is 11.9 Å². The lowest BCUT2D eigenvalue weighted by Gasteiger charge is -2.08. The fraction of sp³-hybridized carbons (Fsp3) is 0.750. The summed E-state index contributed by atoms with van der Waals surface area (Å²) in [6, 6.07) is 0. The van der Waals surface area contributed by atoms with Gasteiger partial charge in [-0.3, -0.25) is 9.59 Å². The van der Waals surface area contributed by atoms with Crippen LogP contribution >= 0.6 is 0 Å². The van der Waals surface area contributed by atoms with Crippen molar-refractivity contribution in [1.82, 2.24) is 5.32 Å². The first-order chi connectivity index (χ1) is 22.2. The van der Waals surface area contributed by atoms with Crippen molar-refractivity contribution in [3.63, 3.8) is 0 Å². The van der Waals surface area contributed by atoms with Gasteiger partial charge in [0.05, 0.1) is 0 Å². The molecule has 0 rings (SSSR count). The largest absolute Gasteiger partial charge is 0.464 e. The standard InChI is InChI=1S/C40H71NO4/c1-3-5-7-9-11-13-15-17-19-21-23-25-27-29-31-33-39(42)44-37-35-41-36-38-45-40(43)34-32-30-28-26-24-22-20-18-16-14-12-10-8-6-4-2/h11-14,17-20,41H,3-10,15-16,21-38H2,1-2H3. The summed E-state index contributed by atoms with van der Waals surface area (Å²) in [5.41, 5.74) is 0. The number of carbonyl (C=O) groups excluding carboxylic acids is 2. The highest BCUT2D eigenvalue weighted by Crippen LogP contribution is 2.10. The van der Waals surface area contributed by atoms with Crippen molar-refractivity contribution in [3.05, 3.63) is 48.6 Å². The number of hydrogen-bond acceptors (Lipinski definition) is 5. The van der Waals surface area contributed by atoms with Crippen molar-refractivity contribution in [3.8, 4) is 0 Å². The molecule has 0 aliphatic rings. The molecular formula is C40H71NO4. The number of rotatable bonds is 34. The molecule has 0 spiro atoms. The highest BCUT2D eigenvalue weighted by atomic mass is 16.5. The van der Waals surface area contributed by atoms with Gasteiger partial charge in [0.15, 0.2) is 0 Å². The first kappa shape index (κ1) is 42.9. The van der Waals surface area contributed by atoms with Crippen LogP contribution in [-0.2, 0) is 19.1 Å². The van der Waals surface area contributed by atoms with Crippen LogP contribution in [-0.4, -0.2) is 38.2 Å². The minimum atomic E-state index is -0.119. The summed E-state index contributed by atoms with van der Waals surface area (Å²) in [4.78, 5) is 23.8. The van der Waals surface area contributed by atoms with Crippen LogP contribution in [0.3, 0.4) is 0 Å². The van der Waals surface area contributed by atoms with Crippen LogP contribution in [0.15, 0.2) is 48.6 Å². The number of allylic oxidation sites excluding steroid dienone is 8. The molecule has 0 unspecified atom stereocenters. The van der Waals surface area contributed by atoms with E-state index in [2.05, 4.69) is 67.8 Å². The van der Waals surface area contributed by atoms with Crippen LogP contribution in [0.4, 0.5) is 0 Å². The van der Waals surface area contributed by atoms with Gasteiger partial charge in [0, 0.05) is 25.9 Å². The Kier molecular flexibility index (Phi) is 36.2. The first-order valence-electron chi connectivity index (χ1n) is 18.8. The number of hydrogen-bond donors (Lipinski definition) is 1. The van der Waals surface area contributed by atoms with Gasteiger partial charge in [0.1, 0.15) is 13.2 Å². The Labute approximate surface area is 278 Å². The van der Waals surface area contributed by atoms with Crippen molar-refractivity contribution in [2.75, 3.05) is 26.3 Å². The zero-order valence-corrected chi connectivity index (χ0v) is 29.6. The van der Waals surface area contributed by atoms with Crippen LogP contribution < -0.4 is 5.32 Å². The average molecular weight is 630 g/mol. The molecule has 0 aliphatic heterocycles. The smallest absolute Gasteiger partial charge is 0.305 e. The molecule has 0 saturated carbocycles. The van der Waals surface area contributed by atoms with Gasteiger partial charge < -0.3 is 14.8 Å². The summed E-state index contributed by atoms with van der Waals surface area (Å²) >= 11 is 0. The van der Waals surface area contributed by atoms with Crippen molar-refractivity contribution in [2.45, 2.75) is 168 Å². The molecule has 0 aromatic heterocycles. The molecule has 0 fully saturated rings. The van der Waals surface area contributed by atoms with E-state index in [1.54, 1.807) is 0 Å². The zero-order chi connectivity index (χ0) is 32.7. The quantitative estimate of drug-likeness (QED) is 0.0436. The number of esters is 2. The molecule has 5 heteroatoms. The lowest BCUT2D eigenvalue weighted by Crippen LogP contribution is -2.26. The lowest BCUT2D eigenvalue weighted by atomic mass is 10.1. The third kappa shape index (κ3) is 38.0. The zero-order valence-electron chi connectivity index (χ0n) is 29.6. The van der Waals surface area contributed by atoms with E-state index >= 15 is 0 Å². The van der Waals surface area contributed by atoms with E-state index in [1.807, 2.05) is 0 Å². The second-order valence-electron chi connectivity index (χ2n) is 12.2. The molecule has 0 aromatic carbocycles. The molecule has 45 heavy (non-hydrogen) atoms. The maximum Gasteiger partial charge on any atom is 0.305 e. The Bertz CT molecular complexity index is 693. The lowest BCUT2D eigenvalue weighted by molar-refractivity contribution is -0.143. The molecule has 1 N–H and O–H groups in total. The molecule has 0 atom stereocenters. The Balaban J connectivity index is 3.36. The van der Waals surface area contributed by atoms with Gasteiger partial charge in [-0.15, -0.1) is 0 Å². The second kappa shape index (κ2) is 38.0. The molecule has 0 aromatic rings. The normalized spacial score (nSPS) is 12.0. The Morgan fingerprint density at radius 1 is 0.444 bits per heavy atom. The third-order valence-electron chi connectivity index (χ3n) is 7.75. The maximum atomic E-state index is 11.9. The summed E-state index contributed by atoms with van der Waals surface area (Å²) in [5.74, 6) is -0.238. The predicted molar refractivity (Wildman–Crippen MR) is 194 cm³/mol. The molecular weight excluding hydrogens is 558 g/mol. The minimum absolute atomic E-state index is 0.119. The van der Waals surface area contributed by atoms with E-state index in [0.29, 0.717) is 39.1 Å². The fourth-order valence-corrected chi connectivity index (χ4v) is 4.90. The number of ether oxygens (including phenoxy) is 2. The molecule has 5 nitrogen and oxygen atoms in total. The summed E-state index contributed by atoms with van der Waals surface area (Å²) in [6.07, 6.45) is 45.2. The van der Waals surface area contributed by atoms with Crippen molar-refractivity contribution >= 4 is 11.9 Å². The first-order valence-corrected chi connectivity index (χ1v) is 18.8. The van der Waals surface area contributed by atoms with Gasteiger partial charge in [-0.25, -0.2) is 0 Å². The topological polar surface area (TPSA) is 64.6 Å². The van der Waals surface area contributed by atoms with Crippen LogP contribution in [0.1, 0.15) is 168 Å². The Morgan fingerprint density at radius 3 is 1.16 bits per heavy atom. The predicted octanol–water partition coefficient (Wildman–Crippen LogP) is 11.3. The van der Waals surface area contributed by atoms with Gasteiger partial charge in [-0.1, -0.05) is 127 Å². The molecule has 0 radical (unpaired) electrons. The van der Waals surface area contributed by atoms with Crippen molar-refractivity contribution < 1.29 is 19.1 Å². The SMILES string of the molecule is CCCCCC=CCC=CCCCCCCCC(=O)OCCNCCOC(=O)CCCCCCCC=CCC=CCCCCC. The summed E-state index contributed by atoms with van der Waals surface area (Å²) < 4.78 is 10.6. The Morgan fingerprint density at radius 2 is 0.778 bits per heavy atom. The molecule has 0 saturated heterocycles. The molecule has 0 amide bonds.